The maximum absolute atomic E-state index is 7.03. The number of rotatable bonds is 12. The number of nitrogens with zero attached hydrogens (tertiary/aromatic N) is 4. The van der Waals surface area contributed by atoms with Crippen molar-refractivity contribution in [2.45, 2.75) is 78.6 Å². The predicted molar refractivity (Wildman–Crippen MR) is 380 cm³/mol. The van der Waals surface area contributed by atoms with E-state index in [0.717, 1.165) is 83.8 Å². The normalized spacial score (nSPS) is 12.5. The fourth-order valence-electron chi connectivity index (χ4n) is 13.2. The first-order valence-electron chi connectivity index (χ1n) is 31.3. The zero-order valence-electron chi connectivity index (χ0n) is 53.0. The Morgan fingerprint density at radius 2 is 0.945 bits per heavy atom. The van der Waals surface area contributed by atoms with Crippen molar-refractivity contribution in [3.05, 3.63) is 302 Å². The van der Waals surface area contributed by atoms with Gasteiger partial charge in [0, 0.05) is 47.0 Å². The third-order valence-electron chi connectivity index (χ3n) is 17.8. The Balaban J connectivity index is 0.00000758. The molecule has 11 aromatic carbocycles. The summed E-state index contributed by atoms with van der Waals surface area (Å²) in [5.74, 6) is 1.93. The number of pyridine rings is 1. The van der Waals surface area contributed by atoms with Gasteiger partial charge in [-0.3, -0.25) is 0 Å². The van der Waals surface area contributed by atoms with Crippen molar-refractivity contribution in [2.75, 3.05) is 0 Å². The second-order valence-corrected chi connectivity index (χ2v) is 30.6. The molecule has 5 nitrogen and oxygen atoms in total. The van der Waals surface area contributed by atoms with Gasteiger partial charge in [-0.05, 0) is 110 Å². The molecule has 0 bridgehead atoms. The molecule has 7 heteroatoms. The van der Waals surface area contributed by atoms with Gasteiger partial charge in [-0.1, -0.05) is 279 Å². The molecule has 91 heavy (non-hydrogen) atoms. The van der Waals surface area contributed by atoms with Gasteiger partial charge in [0.25, 0.3) is 5.69 Å². The van der Waals surface area contributed by atoms with Crippen molar-refractivity contribution in [1.82, 2.24) is 18.7 Å². The quantitative estimate of drug-likeness (QED) is 0.0529. The number of aromatic nitrogens is 2. The summed E-state index contributed by atoms with van der Waals surface area (Å²) in [4.78, 5) is 5.11. The van der Waals surface area contributed by atoms with Gasteiger partial charge in [0.05, 0.1) is 5.56 Å². The minimum atomic E-state index is -2.88. The number of fused-ring (bicyclic) bond motifs is 4. The summed E-state index contributed by atoms with van der Waals surface area (Å²) < 4.78 is 13.7. The van der Waals surface area contributed by atoms with E-state index in [1.54, 1.807) is 0 Å². The topological polar surface area (TPSA) is 33.1 Å². The Hall–Kier alpha value is -9.54. The molecule has 446 valence electrons. The molecule has 0 fully saturated rings. The molecule has 2 aromatic heterocycles. The predicted octanol–water partition coefficient (Wildman–Crippen LogP) is 18.7. The second kappa shape index (κ2) is 24.0. The Labute approximate surface area is 551 Å². The number of para-hydroxylation sites is 1. The van der Waals surface area contributed by atoms with Crippen LogP contribution in [0.3, 0.4) is 0 Å². The molecule has 0 unspecified atom stereocenters. The molecule has 0 spiro atoms. The molecule has 14 rings (SSSR count). The van der Waals surface area contributed by atoms with Gasteiger partial charge in [0.1, 0.15) is 11.5 Å². The molecule has 13 aromatic rings. The molecule has 0 saturated heterocycles. The van der Waals surface area contributed by atoms with E-state index in [2.05, 4.69) is 349 Å². The Kier molecular flexibility index (Phi) is 15.9. The van der Waals surface area contributed by atoms with Crippen LogP contribution in [0.5, 0.6) is 11.5 Å². The molecule has 1 aliphatic heterocycles. The van der Waals surface area contributed by atoms with Crippen LogP contribution in [-0.2, 0) is 37.3 Å². The number of hydrogen-bond acceptors (Lipinski definition) is 2. The first-order valence-corrected chi connectivity index (χ1v) is 33.3. The second-order valence-electron chi connectivity index (χ2n) is 26.8. The van der Waals surface area contributed by atoms with Gasteiger partial charge >= 0.3 is 32.8 Å². The molecule has 3 heterocycles. The summed E-state index contributed by atoms with van der Waals surface area (Å²) in [5, 5.41) is 7.43. The van der Waals surface area contributed by atoms with Gasteiger partial charge in [0.15, 0.2) is 8.07 Å². The molecule has 0 saturated carbocycles. The Morgan fingerprint density at radius 3 is 1.51 bits per heavy atom. The van der Waals surface area contributed by atoms with Gasteiger partial charge in [-0.25, -0.2) is 4.98 Å². The van der Waals surface area contributed by atoms with Gasteiger partial charge in [-0.2, -0.15) is 12.1 Å². The molecule has 0 amide bonds. The van der Waals surface area contributed by atoms with E-state index in [0.29, 0.717) is 11.5 Å². The summed E-state index contributed by atoms with van der Waals surface area (Å²) in [7, 11) is -2.88. The van der Waals surface area contributed by atoms with Crippen molar-refractivity contribution < 1.29 is 25.8 Å². The van der Waals surface area contributed by atoms with Crippen molar-refractivity contribution in [3.63, 3.8) is 0 Å². The summed E-state index contributed by atoms with van der Waals surface area (Å²) >= 11 is 0. The SMILES string of the molecule is CC(C)(C)c1cc([N+]2=C=[N+](c3[c-]c(Oc4[c-]c5c(cc4)c4cc([Si](c6ccccc6)(c6ccccc6)c6ccccc6)ccc4n5-c4cc(C(C)(C)C)ccn4)ccc3)c3cccc(-c4c(-c5ccccc5)cccc4-c4ccccc4)c32)cc(C(C)(C)C)c1.[Pt+2]. The third-order valence-corrected chi connectivity index (χ3v) is 22.6. The van der Waals surface area contributed by atoms with E-state index in [-0.39, 0.29) is 37.3 Å². The summed E-state index contributed by atoms with van der Waals surface area (Å²) in [5.41, 5.74) is 15.9. The zero-order chi connectivity index (χ0) is 61.9. The van der Waals surface area contributed by atoms with Crippen molar-refractivity contribution in [3.8, 4) is 50.7 Å². The Bertz CT molecular complexity index is 4750. The number of ether oxygens (including phenoxy) is 1. The Morgan fingerprint density at radius 1 is 0.429 bits per heavy atom. The minimum Gasteiger partial charge on any atom is -0.509 e. The standard InChI is InChI=1S/C84H72N4OSi.Pt/c1-82(2,3)60-48-49-85-79(53-60)88-76-47-45-70(90(67-34-19-12-20-35-67,68-36-21-13-22-37-68)69-38-23-14-24-39-69)56-75(76)73-46-44-66(55-78(73)88)89-65-33-25-32-63(54-65)86-57-87(64-51-61(83(4,5)6)50-62(52-64)84(7,8)9)81-74(42-27-43-77(81)86)80-71(58-28-15-10-16-29-58)40-26-41-72(80)59-30-17-11-18-31-59;/h10-53,56H,1-9H3;/q;+2. The number of hydrogen-bond donors (Lipinski definition) is 0. The van der Waals surface area contributed by atoms with Crippen molar-refractivity contribution in [2.24, 2.45) is 0 Å². The van der Waals surface area contributed by atoms with Crippen LogP contribution >= 0.6 is 0 Å². The van der Waals surface area contributed by atoms with E-state index in [9.17, 15) is 0 Å². The molecule has 0 atom stereocenters. The van der Waals surface area contributed by atoms with Crippen LogP contribution in [0.25, 0.3) is 61.0 Å². The van der Waals surface area contributed by atoms with E-state index in [4.69, 9.17) is 9.72 Å². The average molecular weight is 1380 g/mol. The van der Waals surface area contributed by atoms with Crippen LogP contribution in [0.1, 0.15) is 79.0 Å². The molecule has 0 radical (unpaired) electrons. The van der Waals surface area contributed by atoms with Gasteiger partial charge in [0.2, 0.25) is 5.69 Å². The summed E-state index contributed by atoms with van der Waals surface area (Å²) in [6.45, 7) is 20.5. The smallest absolute Gasteiger partial charge is 0.509 e. The molecule has 0 aliphatic carbocycles. The van der Waals surface area contributed by atoms with Crippen molar-refractivity contribution >= 4 is 79.4 Å². The fourth-order valence-corrected chi connectivity index (χ4v) is 17.9. The van der Waals surface area contributed by atoms with Crippen molar-refractivity contribution in [1.29, 1.82) is 0 Å². The van der Waals surface area contributed by atoms with E-state index < -0.39 is 8.07 Å². The summed E-state index contributed by atoms with van der Waals surface area (Å²) in [6, 6.07) is 109. The average Bonchev–Trinajstić information content (AvgIpc) is 1.70. The first kappa shape index (κ1) is 60.4. The van der Waals surface area contributed by atoms with E-state index >= 15 is 0 Å². The van der Waals surface area contributed by atoms with Crippen LogP contribution < -0.4 is 34.6 Å². The maximum Gasteiger partial charge on any atom is 2.00 e. The van der Waals surface area contributed by atoms with Crippen LogP contribution in [0.2, 0.25) is 0 Å². The maximum atomic E-state index is 7.03. The largest absolute Gasteiger partial charge is 2.00 e. The molecular weight excluding hydrogens is 1300 g/mol. The van der Waals surface area contributed by atoms with E-state index in [1.165, 1.54) is 37.4 Å². The van der Waals surface area contributed by atoms with Crippen LogP contribution in [0.4, 0.5) is 22.7 Å². The minimum absolute atomic E-state index is 0. The summed E-state index contributed by atoms with van der Waals surface area (Å²) in [6.07, 6.45) is 1.94. The number of benzene rings is 11. The van der Waals surface area contributed by atoms with Gasteiger partial charge < -0.3 is 9.30 Å². The van der Waals surface area contributed by atoms with Crippen LogP contribution in [-0.4, -0.2) is 23.6 Å². The molecule has 1 aliphatic rings. The zero-order valence-corrected chi connectivity index (χ0v) is 56.3. The van der Waals surface area contributed by atoms with Gasteiger partial charge in [-0.15, -0.1) is 23.6 Å². The van der Waals surface area contributed by atoms with Crippen LogP contribution in [0, 0.1) is 12.1 Å². The van der Waals surface area contributed by atoms with Crippen LogP contribution in [0.15, 0.2) is 273 Å². The van der Waals surface area contributed by atoms with E-state index in [1.807, 2.05) is 18.3 Å². The monoisotopic (exact) mass is 1380 g/mol. The fraction of sp³-hybridized carbons (Fsp3) is 0.143. The molecular formula is C84H72N4OPtSi+2. The molecule has 0 N–H and O–H groups in total. The third kappa shape index (κ3) is 11.2. The first-order chi connectivity index (χ1) is 43.5.